The minimum Gasteiger partial charge on any atom is -0.349 e. The van der Waals surface area contributed by atoms with Gasteiger partial charge >= 0.3 is 0 Å². The number of sulfonamides is 1. The van der Waals surface area contributed by atoms with Crippen molar-refractivity contribution in [2.75, 3.05) is 17.6 Å². The van der Waals surface area contributed by atoms with Crippen molar-refractivity contribution in [1.82, 2.24) is 4.57 Å². The fourth-order valence-corrected chi connectivity index (χ4v) is 2.51. The Kier molecular flexibility index (Phi) is 2.83. The van der Waals surface area contributed by atoms with E-state index in [4.69, 9.17) is 11.6 Å². The Morgan fingerprint density at radius 1 is 1.35 bits per heavy atom. The molecule has 6 heteroatoms. The average Bonchev–Trinajstić information content (AvgIpc) is 2.52. The number of benzene rings is 1. The highest BCUT2D eigenvalue weighted by Crippen LogP contribution is 2.29. The SMILES string of the molecule is CN(c1ccc2c(c1)c(Cl)cn2C)S(C)(=O)=O. The number of anilines is 1. The van der Waals surface area contributed by atoms with E-state index in [0.29, 0.717) is 10.7 Å². The highest BCUT2D eigenvalue weighted by atomic mass is 35.5. The molecule has 0 aliphatic carbocycles. The molecule has 0 aliphatic rings. The van der Waals surface area contributed by atoms with Crippen LogP contribution in [0.15, 0.2) is 24.4 Å². The van der Waals surface area contributed by atoms with E-state index in [1.807, 2.05) is 17.7 Å². The van der Waals surface area contributed by atoms with Crippen LogP contribution in [0, 0.1) is 0 Å². The van der Waals surface area contributed by atoms with E-state index in [9.17, 15) is 8.42 Å². The molecule has 2 aromatic rings. The molecule has 0 bridgehead atoms. The summed E-state index contributed by atoms with van der Waals surface area (Å²) in [5.41, 5.74) is 1.58. The Morgan fingerprint density at radius 2 is 2.00 bits per heavy atom. The first-order valence-corrected chi connectivity index (χ1v) is 7.22. The van der Waals surface area contributed by atoms with Crippen LogP contribution in [-0.4, -0.2) is 26.3 Å². The number of nitrogens with zero attached hydrogens (tertiary/aromatic N) is 2. The van der Waals surface area contributed by atoms with Crippen molar-refractivity contribution < 1.29 is 8.42 Å². The maximum Gasteiger partial charge on any atom is 0.231 e. The van der Waals surface area contributed by atoms with Crippen molar-refractivity contribution >= 4 is 38.2 Å². The molecule has 92 valence electrons. The van der Waals surface area contributed by atoms with E-state index in [1.165, 1.54) is 17.6 Å². The van der Waals surface area contributed by atoms with Gasteiger partial charge in [0, 0.05) is 31.2 Å². The summed E-state index contributed by atoms with van der Waals surface area (Å²) in [6, 6.07) is 5.40. The zero-order chi connectivity index (χ0) is 12.8. The first kappa shape index (κ1) is 12.3. The van der Waals surface area contributed by atoms with Crippen molar-refractivity contribution in [3.8, 4) is 0 Å². The van der Waals surface area contributed by atoms with Crippen LogP contribution < -0.4 is 4.31 Å². The summed E-state index contributed by atoms with van der Waals surface area (Å²) in [6.07, 6.45) is 2.97. The maximum atomic E-state index is 11.4. The highest BCUT2D eigenvalue weighted by molar-refractivity contribution is 7.92. The summed E-state index contributed by atoms with van der Waals surface area (Å²) < 4.78 is 26.0. The van der Waals surface area contributed by atoms with Gasteiger partial charge in [-0.05, 0) is 18.2 Å². The number of aryl methyl sites for hydroxylation is 1. The molecule has 0 aliphatic heterocycles. The maximum absolute atomic E-state index is 11.4. The zero-order valence-electron chi connectivity index (χ0n) is 9.81. The minimum absolute atomic E-state index is 0.605. The van der Waals surface area contributed by atoms with Gasteiger partial charge < -0.3 is 4.57 Å². The van der Waals surface area contributed by atoms with Gasteiger partial charge in [-0.25, -0.2) is 8.42 Å². The molecule has 4 nitrogen and oxygen atoms in total. The molecule has 1 aromatic carbocycles. The molecule has 0 atom stereocenters. The van der Waals surface area contributed by atoms with Crippen molar-refractivity contribution in [2.24, 2.45) is 7.05 Å². The average molecular weight is 273 g/mol. The number of aromatic nitrogens is 1. The van der Waals surface area contributed by atoms with Gasteiger partial charge in [0.2, 0.25) is 10.0 Å². The van der Waals surface area contributed by atoms with Crippen molar-refractivity contribution in [3.63, 3.8) is 0 Å². The Bertz CT molecular complexity index is 676. The van der Waals surface area contributed by atoms with Crippen LogP contribution >= 0.6 is 11.6 Å². The standard InChI is InChI=1S/C11H13ClN2O2S/c1-13-7-10(12)9-6-8(4-5-11(9)13)14(2)17(3,15)16/h4-7H,1-3H3. The molecular weight excluding hydrogens is 260 g/mol. The topological polar surface area (TPSA) is 42.3 Å². The molecule has 0 saturated carbocycles. The molecule has 0 saturated heterocycles. The van der Waals surface area contributed by atoms with Gasteiger partial charge in [-0.2, -0.15) is 0 Å². The summed E-state index contributed by atoms with van der Waals surface area (Å²) in [5, 5.41) is 1.47. The van der Waals surface area contributed by atoms with Gasteiger partial charge in [-0.3, -0.25) is 4.31 Å². The lowest BCUT2D eigenvalue weighted by atomic mass is 10.2. The van der Waals surface area contributed by atoms with Gasteiger partial charge in [0.1, 0.15) is 0 Å². The Balaban J connectivity index is 2.63. The zero-order valence-corrected chi connectivity index (χ0v) is 11.4. The largest absolute Gasteiger partial charge is 0.349 e. The molecule has 2 rings (SSSR count). The monoisotopic (exact) mass is 272 g/mol. The predicted octanol–water partition coefficient (Wildman–Crippen LogP) is 2.23. The van der Waals surface area contributed by atoms with Crippen molar-refractivity contribution in [2.45, 2.75) is 0 Å². The third-order valence-electron chi connectivity index (χ3n) is 2.79. The van der Waals surface area contributed by atoms with Crippen LogP contribution in [0.2, 0.25) is 5.02 Å². The number of hydrogen-bond acceptors (Lipinski definition) is 2. The Labute approximate surface area is 105 Å². The van der Waals surface area contributed by atoms with Crippen LogP contribution in [0.25, 0.3) is 10.9 Å². The number of halogens is 1. The minimum atomic E-state index is -3.25. The third kappa shape index (κ3) is 2.12. The summed E-state index contributed by atoms with van der Waals surface area (Å²) in [4.78, 5) is 0. The molecule has 0 N–H and O–H groups in total. The van der Waals surface area contributed by atoms with Crippen LogP contribution in [0.5, 0.6) is 0 Å². The molecule has 0 fully saturated rings. The van der Waals surface area contributed by atoms with Crippen LogP contribution in [0.3, 0.4) is 0 Å². The van der Waals surface area contributed by atoms with Crippen molar-refractivity contribution in [3.05, 3.63) is 29.4 Å². The lowest BCUT2D eigenvalue weighted by Crippen LogP contribution is -2.24. The number of rotatable bonds is 2. The number of fused-ring (bicyclic) bond motifs is 1. The second-order valence-electron chi connectivity index (χ2n) is 4.02. The molecular formula is C11H13ClN2O2S. The predicted molar refractivity (Wildman–Crippen MR) is 71.2 cm³/mol. The molecule has 0 radical (unpaired) electrons. The molecule has 1 heterocycles. The van der Waals surface area contributed by atoms with E-state index >= 15 is 0 Å². The van der Waals surface area contributed by atoms with Crippen LogP contribution in [0.1, 0.15) is 0 Å². The lowest BCUT2D eigenvalue weighted by molar-refractivity contribution is 0.600. The van der Waals surface area contributed by atoms with Crippen molar-refractivity contribution in [1.29, 1.82) is 0 Å². The lowest BCUT2D eigenvalue weighted by Gasteiger charge is -2.16. The normalized spacial score (nSPS) is 12.0. The smallest absolute Gasteiger partial charge is 0.231 e. The molecule has 0 unspecified atom stereocenters. The Hall–Kier alpha value is -1.20. The van der Waals surface area contributed by atoms with Crippen LogP contribution in [0.4, 0.5) is 5.69 Å². The van der Waals surface area contributed by atoms with Gasteiger partial charge in [-0.1, -0.05) is 11.6 Å². The fraction of sp³-hybridized carbons (Fsp3) is 0.273. The van der Waals surface area contributed by atoms with Gasteiger partial charge in [0.25, 0.3) is 0 Å². The highest BCUT2D eigenvalue weighted by Gasteiger charge is 2.13. The summed E-state index contributed by atoms with van der Waals surface area (Å²) in [6.45, 7) is 0. The Morgan fingerprint density at radius 3 is 2.59 bits per heavy atom. The first-order valence-electron chi connectivity index (χ1n) is 4.99. The molecule has 17 heavy (non-hydrogen) atoms. The van der Waals surface area contributed by atoms with E-state index in [2.05, 4.69) is 0 Å². The van der Waals surface area contributed by atoms with Gasteiger partial charge in [0.05, 0.1) is 17.0 Å². The number of hydrogen-bond donors (Lipinski definition) is 0. The molecule has 0 spiro atoms. The van der Waals surface area contributed by atoms with Gasteiger partial charge in [0.15, 0.2) is 0 Å². The second kappa shape index (κ2) is 3.92. The first-order chi connectivity index (χ1) is 7.80. The third-order valence-corrected chi connectivity index (χ3v) is 4.29. The summed E-state index contributed by atoms with van der Waals surface area (Å²) >= 11 is 6.08. The summed E-state index contributed by atoms with van der Waals surface area (Å²) in [5.74, 6) is 0. The van der Waals surface area contributed by atoms with E-state index in [1.54, 1.807) is 18.3 Å². The second-order valence-corrected chi connectivity index (χ2v) is 6.44. The van der Waals surface area contributed by atoms with E-state index in [0.717, 1.165) is 10.9 Å². The molecule has 1 aromatic heterocycles. The quantitative estimate of drug-likeness (QED) is 0.841. The molecule has 0 amide bonds. The fourth-order valence-electron chi connectivity index (χ4n) is 1.72. The summed E-state index contributed by atoms with van der Waals surface area (Å²) in [7, 11) is 0.171. The van der Waals surface area contributed by atoms with E-state index in [-0.39, 0.29) is 0 Å². The van der Waals surface area contributed by atoms with Gasteiger partial charge in [-0.15, -0.1) is 0 Å². The van der Waals surface area contributed by atoms with E-state index < -0.39 is 10.0 Å². The van der Waals surface area contributed by atoms with Crippen LogP contribution in [-0.2, 0) is 17.1 Å².